The van der Waals surface area contributed by atoms with Crippen molar-refractivity contribution in [3.05, 3.63) is 33.8 Å². The van der Waals surface area contributed by atoms with Crippen molar-refractivity contribution in [2.45, 2.75) is 25.9 Å². The number of halogens is 3. The second-order valence-electron chi connectivity index (χ2n) is 3.60. The minimum atomic E-state index is -2.13. The van der Waals surface area contributed by atoms with Crippen LogP contribution in [0.1, 0.15) is 30.1 Å². The molecular formula is C12H11Cl2FO2. The molecule has 0 N–H and O–H groups in total. The summed E-state index contributed by atoms with van der Waals surface area (Å²) in [4.78, 5) is 22.9. The first kappa shape index (κ1) is 14.1. The Kier molecular flexibility index (Phi) is 5.09. The molecule has 0 spiro atoms. The summed E-state index contributed by atoms with van der Waals surface area (Å²) in [6.45, 7) is 1.74. The zero-order valence-electron chi connectivity index (χ0n) is 9.17. The average molecular weight is 277 g/mol. The Hall–Kier alpha value is -0.930. The lowest BCUT2D eigenvalue weighted by Gasteiger charge is -2.06. The third-order valence-electron chi connectivity index (χ3n) is 2.16. The number of carbonyl (C=O) groups excluding carboxylic acids is 2. The van der Waals surface area contributed by atoms with Gasteiger partial charge in [-0.25, -0.2) is 4.39 Å². The Labute approximate surface area is 109 Å². The van der Waals surface area contributed by atoms with E-state index >= 15 is 0 Å². The molecule has 0 heterocycles. The van der Waals surface area contributed by atoms with Crippen LogP contribution in [0.15, 0.2) is 18.2 Å². The summed E-state index contributed by atoms with van der Waals surface area (Å²) in [6.07, 6.45) is -1.59. The Bertz CT molecular complexity index is 426. The van der Waals surface area contributed by atoms with Gasteiger partial charge in [-0.3, -0.25) is 9.59 Å². The molecule has 0 bridgehead atoms. The molecule has 92 valence electrons. The van der Waals surface area contributed by atoms with Crippen molar-refractivity contribution < 1.29 is 14.0 Å². The molecule has 1 rings (SSSR count). The number of rotatable bonds is 5. The number of benzene rings is 1. The molecule has 5 heteroatoms. The van der Waals surface area contributed by atoms with Crippen molar-refractivity contribution in [3.8, 4) is 0 Å². The van der Waals surface area contributed by atoms with Gasteiger partial charge < -0.3 is 0 Å². The van der Waals surface area contributed by atoms with Crippen molar-refractivity contribution in [3.63, 3.8) is 0 Å². The molecule has 0 amide bonds. The lowest BCUT2D eigenvalue weighted by molar-refractivity contribution is -0.122. The van der Waals surface area contributed by atoms with Gasteiger partial charge in [-0.2, -0.15) is 0 Å². The second kappa shape index (κ2) is 6.12. The van der Waals surface area contributed by atoms with Gasteiger partial charge in [-0.1, -0.05) is 30.1 Å². The maximum absolute atomic E-state index is 13.5. The largest absolute Gasteiger partial charge is 0.296 e. The smallest absolute Gasteiger partial charge is 0.220 e. The minimum Gasteiger partial charge on any atom is -0.296 e. The minimum absolute atomic E-state index is 0.0134. The van der Waals surface area contributed by atoms with Gasteiger partial charge in [0, 0.05) is 22.0 Å². The number of alkyl halides is 1. The van der Waals surface area contributed by atoms with Gasteiger partial charge in [-0.05, 0) is 24.6 Å². The van der Waals surface area contributed by atoms with E-state index in [0.29, 0.717) is 6.42 Å². The predicted octanol–water partition coefficient (Wildman–Crippen LogP) is 3.88. The normalized spacial score (nSPS) is 12.2. The quantitative estimate of drug-likeness (QED) is 0.604. The van der Waals surface area contributed by atoms with Crippen LogP contribution in [-0.4, -0.2) is 17.7 Å². The number of carbonyl (C=O) groups is 2. The second-order valence-corrected chi connectivity index (χ2v) is 4.47. The standard InChI is InChI=1S/C12H11Cl2FO2/c1-2-3-10(16)11(15)12(17)7-4-8(13)6-9(14)5-7/h4-6,11H,2-3H2,1H3. The van der Waals surface area contributed by atoms with Crippen LogP contribution in [0.4, 0.5) is 4.39 Å². The third-order valence-corrected chi connectivity index (χ3v) is 2.59. The molecule has 17 heavy (non-hydrogen) atoms. The third kappa shape index (κ3) is 3.79. The van der Waals surface area contributed by atoms with Gasteiger partial charge in [0.2, 0.25) is 12.0 Å². The van der Waals surface area contributed by atoms with E-state index < -0.39 is 17.7 Å². The lowest BCUT2D eigenvalue weighted by Crippen LogP contribution is -2.25. The van der Waals surface area contributed by atoms with E-state index in [1.807, 2.05) is 0 Å². The van der Waals surface area contributed by atoms with Gasteiger partial charge in [0.05, 0.1) is 0 Å². The fourth-order valence-corrected chi connectivity index (χ4v) is 1.89. The molecule has 1 aromatic rings. The number of ketones is 2. The van der Waals surface area contributed by atoms with E-state index in [2.05, 4.69) is 0 Å². The number of hydrogen-bond acceptors (Lipinski definition) is 2. The van der Waals surface area contributed by atoms with E-state index in [-0.39, 0.29) is 22.0 Å². The van der Waals surface area contributed by atoms with Crippen LogP contribution < -0.4 is 0 Å². The molecule has 2 nitrogen and oxygen atoms in total. The zero-order chi connectivity index (χ0) is 13.0. The van der Waals surface area contributed by atoms with Crippen molar-refractivity contribution in [1.82, 2.24) is 0 Å². The molecule has 1 atom stereocenters. The van der Waals surface area contributed by atoms with E-state index in [1.54, 1.807) is 6.92 Å². The predicted molar refractivity (Wildman–Crippen MR) is 65.6 cm³/mol. The van der Waals surface area contributed by atoms with E-state index in [4.69, 9.17) is 23.2 Å². The topological polar surface area (TPSA) is 34.1 Å². The Balaban J connectivity index is 2.92. The summed E-state index contributed by atoms with van der Waals surface area (Å²) >= 11 is 11.4. The summed E-state index contributed by atoms with van der Waals surface area (Å²) < 4.78 is 13.5. The average Bonchev–Trinajstić information content (AvgIpc) is 2.26. The highest BCUT2D eigenvalue weighted by atomic mass is 35.5. The first-order valence-electron chi connectivity index (χ1n) is 5.12. The zero-order valence-corrected chi connectivity index (χ0v) is 10.7. The summed E-state index contributed by atoms with van der Waals surface area (Å²) in [5, 5.41) is 0.465. The first-order chi connectivity index (χ1) is 7.95. The SMILES string of the molecule is CCCC(=O)C(F)C(=O)c1cc(Cl)cc(Cl)c1. The fraction of sp³-hybridized carbons (Fsp3) is 0.333. The molecule has 0 aromatic heterocycles. The monoisotopic (exact) mass is 276 g/mol. The molecule has 0 saturated carbocycles. The van der Waals surface area contributed by atoms with E-state index in [9.17, 15) is 14.0 Å². The number of Topliss-reactive ketones (excluding diaryl/α,β-unsaturated/α-hetero) is 2. The molecule has 0 aliphatic heterocycles. The summed E-state index contributed by atoms with van der Waals surface area (Å²) in [5.41, 5.74) is 0.0134. The lowest BCUT2D eigenvalue weighted by atomic mass is 10.0. The van der Waals surface area contributed by atoms with Gasteiger partial charge in [0.25, 0.3) is 0 Å². The van der Waals surface area contributed by atoms with Gasteiger partial charge >= 0.3 is 0 Å². The van der Waals surface area contributed by atoms with Gasteiger partial charge in [-0.15, -0.1) is 0 Å². The molecule has 1 aromatic carbocycles. The number of hydrogen-bond donors (Lipinski definition) is 0. The van der Waals surface area contributed by atoms with Crippen LogP contribution in [0, 0.1) is 0 Å². The van der Waals surface area contributed by atoms with Crippen LogP contribution >= 0.6 is 23.2 Å². The summed E-state index contributed by atoms with van der Waals surface area (Å²) in [6, 6.07) is 4.02. The van der Waals surface area contributed by atoms with Crippen LogP contribution in [0.5, 0.6) is 0 Å². The molecule has 0 radical (unpaired) electrons. The van der Waals surface area contributed by atoms with Crippen molar-refractivity contribution in [2.24, 2.45) is 0 Å². The Morgan fingerprint density at radius 2 is 1.76 bits per heavy atom. The fourth-order valence-electron chi connectivity index (χ4n) is 1.36. The summed E-state index contributed by atoms with van der Waals surface area (Å²) in [7, 11) is 0. The van der Waals surface area contributed by atoms with Crippen molar-refractivity contribution in [2.75, 3.05) is 0 Å². The Morgan fingerprint density at radius 1 is 1.24 bits per heavy atom. The van der Waals surface area contributed by atoms with E-state index in [1.165, 1.54) is 18.2 Å². The van der Waals surface area contributed by atoms with Crippen LogP contribution in [0.25, 0.3) is 0 Å². The maximum Gasteiger partial charge on any atom is 0.220 e. The van der Waals surface area contributed by atoms with Gasteiger partial charge in [0.15, 0.2) is 5.78 Å². The first-order valence-corrected chi connectivity index (χ1v) is 5.88. The molecule has 0 fully saturated rings. The highest BCUT2D eigenvalue weighted by Gasteiger charge is 2.26. The van der Waals surface area contributed by atoms with Crippen molar-refractivity contribution in [1.29, 1.82) is 0 Å². The molecule has 0 aliphatic rings. The summed E-state index contributed by atoms with van der Waals surface area (Å²) in [5.74, 6) is -1.61. The van der Waals surface area contributed by atoms with Crippen LogP contribution in [-0.2, 0) is 4.79 Å². The molecular weight excluding hydrogens is 266 g/mol. The molecule has 1 unspecified atom stereocenters. The van der Waals surface area contributed by atoms with Crippen LogP contribution in [0.3, 0.4) is 0 Å². The highest BCUT2D eigenvalue weighted by Crippen LogP contribution is 2.21. The maximum atomic E-state index is 13.5. The van der Waals surface area contributed by atoms with Crippen LogP contribution in [0.2, 0.25) is 10.0 Å². The van der Waals surface area contributed by atoms with Gasteiger partial charge in [0.1, 0.15) is 0 Å². The highest BCUT2D eigenvalue weighted by molar-refractivity contribution is 6.35. The molecule has 0 saturated heterocycles. The molecule has 0 aliphatic carbocycles. The van der Waals surface area contributed by atoms with Crippen molar-refractivity contribution >= 4 is 34.8 Å². The Morgan fingerprint density at radius 3 is 2.24 bits per heavy atom. The van der Waals surface area contributed by atoms with E-state index in [0.717, 1.165) is 0 Å².